The fraction of sp³-hybridized carbons (Fsp3) is 0.300. The lowest BCUT2D eigenvalue weighted by molar-refractivity contribution is -0.119. The zero-order chi connectivity index (χ0) is 19.7. The molecule has 0 aliphatic carbocycles. The molecule has 7 nitrogen and oxygen atoms in total. The molecule has 0 spiro atoms. The van der Waals surface area contributed by atoms with Crippen LogP contribution >= 0.6 is 0 Å². The van der Waals surface area contributed by atoms with Gasteiger partial charge in [0.1, 0.15) is 6.04 Å². The lowest BCUT2D eigenvalue weighted by Gasteiger charge is -2.16. The van der Waals surface area contributed by atoms with Crippen molar-refractivity contribution < 1.29 is 4.79 Å². The number of carbonyl (C=O) groups excluding carboxylic acids is 1. The van der Waals surface area contributed by atoms with Crippen molar-refractivity contribution in [2.45, 2.75) is 40.7 Å². The van der Waals surface area contributed by atoms with Crippen LogP contribution in [-0.2, 0) is 4.79 Å². The highest BCUT2D eigenvalue weighted by Gasteiger charge is 2.19. The number of nitrogens with one attached hydrogen (secondary N) is 1. The minimum atomic E-state index is -0.768. The summed E-state index contributed by atoms with van der Waals surface area (Å²) in [6, 6.07) is 9.95. The van der Waals surface area contributed by atoms with Crippen molar-refractivity contribution in [2.24, 2.45) is 0 Å². The summed E-state index contributed by atoms with van der Waals surface area (Å²) in [6.07, 6.45) is 0. The molecule has 1 aromatic carbocycles. The van der Waals surface area contributed by atoms with Gasteiger partial charge in [0.15, 0.2) is 5.82 Å². The van der Waals surface area contributed by atoms with Crippen molar-refractivity contribution in [1.29, 1.82) is 0 Å². The first-order chi connectivity index (χ1) is 12.8. The van der Waals surface area contributed by atoms with Gasteiger partial charge in [0, 0.05) is 17.4 Å². The monoisotopic (exact) mass is 365 g/mol. The summed E-state index contributed by atoms with van der Waals surface area (Å²) in [6.45, 7) is 9.38. The molecule has 0 aliphatic heterocycles. The SMILES string of the molecule is Cc1ccc(NC(=O)C(C)n2nc(-n3nc(C)cc3C)ccc2=O)c(C)c1. The van der Waals surface area contributed by atoms with Gasteiger partial charge < -0.3 is 5.32 Å². The molecule has 0 saturated heterocycles. The fourth-order valence-corrected chi connectivity index (χ4v) is 2.97. The number of benzene rings is 1. The van der Waals surface area contributed by atoms with E-state index in [1.165, 1.54) is 10.7 Å². The van der Waals surface area contributed by atoms with E-state index in [4.69, 9.17) is 0 Å². The summed E-state index contributed by atoms with van der Waals surface area (Å²) in [4.78, 5) is 25.0. The van der Waals surface area contributed by atoms with Crippen LogP contribution in [-0.4, -0.2) is 25.5 Å². The maximum Gasteiger partial charge on any atom is 0.267 e. The topological polar surface area (TPSA) is 81.8 Å². The number of amides is 1. The van der Waals surface area contributed by atoms with Gasteiger partial charge in [-0.1, -0.05) is 17.7 Å². The standard InChI is InChI=1S/C20H23N5O2/c1-12-6-7-17(13(2)10-12)21-20(27)16(5)25-19(26)9-8-18(23-25)24-15(4)11-14(3)22-24/h6-11,16H,1-5H3,(H,21,27). The maximum atomic E-state index is 12.7. The van der Waals surface area contributed by atoms with E-state index in [9.17, 15) is 9.59 Å². The Morgan fingerprint density at radius 2 is 1.78 bits per heavy atom. The van der Waals surface area contributed by atoms with Crippen LogP contribution in [0.5, 0.6) is 0 Å². The van der Waals surface area contributed by atoms with Crippen molar-refractivity contribution in [3.8, 4) is 5.82 Å². The molecule has 1 atom stereocenters. The second kappa shape index (κ2) is 7.19. The Balaban J connectivity index is 1.90. The quantitative estimate of drug-likeness (QED) is 0.771. The third kappa shape index (κ3) is 3.81. The van der Waals surface area contributed by atoms with Crippen LogP contribution in [0.3, 0.4) is 0 Å². The summed E-state index contributed by atoms with van der Waals surface area (Å²) < 4.78 is 2.84. The summed E-state index contributed by atoms with van der Waals surface area (Å²) in [5.74, 6) is 0.188. The normalized spacial score (nSPS) is 12.0. The van der Waals surface area contributed by atoms with E-state index in [1.807, 2.05) is 52.0 Å². The molecule has 140 valence electrons. The van der Waals surface area contributed by atoms with Crippen LogP contribution < -0.4 is 10.9 Å². The van der Waals surface area contributed by atoms with Crippen molar-refractivity contribution in [3.63, 3.8) is 0 Å². The van der Waals surface area contributed by atoms with E-state index in [0.29, 0.717) is 5.82 Å². The molecule has 3 aromatic rings. The Hall–Kier alpha value is -3.22. The average Bonchev–Trinajstić information content (AvgIpc) is 2.95. The van der Waals surface area contributed by atoms with Crippen LogP contribution in [0.4, 0.5) is 5.69 Å². The Morgan fingerprint density at radius 1 is 1.04 bits per heavy atom. The van der Waals surface area contributed by atoms with Crippen molar-refractivity contribution in [3.05, 3.63) is 69.3 Å². The lowest BCUT2D eigenvalue weighted by Crippen LogP contribution is -2.34. The first kappa shape index (κ1) is 18.6. The molecule has 1 amide bonds. The number of anilines is 1. The molecule has 2 heterocycles. The molecule has 2 aromatic heterocycles. The lowest BCUT2D eigenvalue weighted by atomic mass is 10.1. The van der Waals surface area contributed by atoms with Gasteiger partial charge in [-0.05, 0) is 58.4 Å². The van der Waals surface area contributed by atoms with Gasteiger partial charge in [-0.25, -0.2) is 9.36 Å². The molecular formula is C20H23N5O2. The number of hydrogen-bond donors (Lipinski definition) is 1. The van der Waals surface area contributed by atoms with Crippen molar-refractivity contribution in [2.75, 3.05) is 5.32 Å². The highest BCUT2D eigenvalue weighted by atomic mass is 16.2. The van der Waals surface area contributed by atoms with Gasteiger partial charge in [0.05, 0.1) is 5.69 Å². The van der Waals surface area contributed by atoms with Gasteiger partial charge in [-0.2, -0.15) is 5.10 Å². The van der Waals surface area contributed by atoms with Gasteiger partial charge in [0.2, 0.25) is 5.91 Å². The number of hydrogen-bond acceptors (Lipinski definition) is 4. The first-order valence-electron chi connectivity index (χ1n) is 8.78. The molecular weight excluding hydrogens is 342 g/mol. The number of nitrogens with zero attached hydrogens (tertiary/aromatic N) is 4. The third-order valence-electron chi connectivity index (χ3n) is 4.42. The van der Waals surface area contributed by atoms with Gasteiger partial charge >= 0.3 is 0 Å². The Bertz CT molecular complexity index is 1060. The van der Waals surface area contributed by atoms with Crippen molar-refractivity contribution >= 4 is 11.6 Å². The molecule has 0 bridgehead atoms. The highest BCUT2D eigenvalue weighted by Crippen LogP contribution is 2.18. The van der Waals surface area contributed by atoms with E-state index in [-0.39, 0.29) is 11.5 Å². The Kier molecular flexibility index (Phi) is 4.94. The van der Waals surface area contributed by atoms with E-state index in [1.54, 1.807) is 17.7 Å². The van der Waals surface area contributed by atoms with E-state index >= 15 is 0 Å². The van der Waals surface area contributed by atoms with Crippen molar-refractivity contribution in [1.82, 2.24) is 19.6 Å². The number of rotatable bonds is 4. The molecule has 1 unspecified atom stereocenters. The molecule has 27 heavy (non-hydrogen) atoms. The second-order valence-electron chi connectivity index (χ2n) is 6.80. The van der Waals surface area contributed by atoms with E-state index in [2.05, 4.69) is 15.5 Å². The highest BCUT2D eigenvalue weighted by molar-refractivity contribution is 5.94. The van der Waals surface area contributed by atoms with E-state index < -0.39 is 6.04 Å². The molecule has 1 N–H and O–H groups in total. The van der Waals surface area contributed by atoms with Gasteiger partial charge in [-0.15, -0.1) is 5.10 Å². The summed E-state index contributed by atoms with van der Waals surface area (Å²) in [5, 5.41) is 11.6. The zero-order valence-electron chi connectivity index (χ0n) is 16.1. The molecule has 3 rings (SSSR count). The summed E-state index contributed by atoms with van der Waals surface area (Å²) in [7, 11) is 0. The fourth-order valence-electron chi connectivity index (χ4n) is 2.97. The zero-order valence-corrected chi connectivity index (χ0v) is 16.1. The molecule has 7 heteroatoms. The third-order valence-corrected chi connectivity index (χ3v) is 4.42. The second-order valence-corrected chi connectivity index (χ2v) is 6.80. The minimum absolute atomic E-state index is 0.304. The first-order valence-corrected chi connectivity index (χ1v) is 8.78. The van der Waals surface area contributed by atoms with Gasteiger partial charge in [0.25, 0.3) is 5.56 Å². The molecule has 0 saturated carbocycles. The predicted molar refractivity (Wildman–Crippen MR) is 104 cm³/mol. The van der Waals surface area contributed by atoms with Crippen LogP contribution in [0.2, 0.25) is 0 Å². The maximum absolute atomic E-state index is 12.7. The molecule has 0 aliphatic rings. The Morgan fingerprint density at radius 3 is 2.41 bits per heavy atom. The predicted octanol–water partition coefficient (Wildman–Crippen LogP) is 2.86. The average molecular weight is 365 g/mol. The largest absolute Gasteiger partial charge is 0.324 e. The van der Waals surface area contributed by atoms with Crippen LogP contribution in [0.1, 0.15) is 35.5 Å². The molecule has 0 fully saturated rings. The van der Waals surface area contributed by atoms with Crippen LogP contribution in [0.15, 0.2) is 41.2 Å². The number of carbonyl (C=O) groups is 1. The van der Waals surface area contributed by atoms with Crippen LogP contribution in [0.25, 0.3) is 5.82 Å². The van der Waals surface area contributed by atoms with Gasteiger partial charge in [-0.3, -0.25) is 9.59 Å². The minimum Gasteiger partial charge on any atom is -0.324 e. The van der Waals surface area contributed by atoms with Crippen LogP contribution in [0, 0.1) is 27.7 Å². The number of aryl methyl sites for hydroxylation is 4. The number of aromatic nitrogens is 4. The summed E-state index contributed by atoms with van der Waals surface area (Å²) >= 11 is 0. The summed E-state index contributed by atoms with van der Waals surface area (Å²) in [5.41, 5.74) is 4.22. The smallest absolute Gasteiger partial charge is 0.267 e. The molecule has 0 radical (unpaired) electrons. The van der Waals surface area contributed by atoms with E-state index in [0.717, 1.165) is 28.2 Å². The Labute approximate surface area is 157 Å².